The number of nitrogens with two attached hydrogens (primary N) is 2. The van der Waals surface area contributed by atoms with E-state index in [4.69, 9.17) is 11.1 Å². The highest BCUT2D eigenvalue weighted by Gasteiger charge is 2.34. The zero-order valence-electron chi connectivity index (χ0n) is 16.5. The first kappa shape index (κ1) is 19.3. The third-order valence-electron chi connectivity index (χ3n) is 6.06. The third-order valence-corrected chi connectivity index (χ3v) is 6.06. The number of benzene rings is 1. The molecule has 0 saturated carbocycles. The second kappa shape index (κ2) is 8.57. The van der Waals surface area contributed by atoms with E-state index >= 15 is 0 Å². The summed E-state index contributed by atoms with van der Waals surface area (Å²) < 4.78 is 0. The number of nitrogens with zero attached hydrogens (tertiary/aromatic N) is 1. The second-order valence-electron chi connectivity index (χ2n) is 7.88. The molecule has 0 bridgehead atoms. The Labute approximate surface area is 171 Å². The van der Waals surface area contributed by atoms with Crippen LogP contribution in [0.15, 0.2) is 66.1 Å². The van der Waals surface area contributed by atoms with Crippen LogP contribution in [0.4, 0.5) is 0 Å². The van der Waals surface area contributed by atoms with E-state index in [0.29, 0.717) is 18.6 Å². The summed E-state index contributed by atoms with van der Waals surface area (Å²) in [6.07, 6.45) is 5.43. The number of hydrogen-bond donors (Lipinski definition) is 4. The van der Waals surface area contributed by atoms with E-state index in [2.05, 4.69) is 27.8 Å². The van der Waals surface area contributed by atoms with E-state index in [0.717, 1.165) is 36.3 Å². The maximum atomic E-state index is 13.1. The summed E-state index contributed by atoms with van der Waals surface area (Å²) in [6.45, 7) is 1.66. The highest BCUT2D eigenvalue weighted by atomic mass is 16.2. The van der Waals surface area contributed by atoms with Crippen molar-refractivity contribution in [3.8, 4) is 0 Å². The SMILES string of the molecule is NC1=C(C(=[NH2+])c2ccncc2)CC(C(=O)N[C@H]2CNC[C@@H]2c2ccccc2)CC1. The van der Waals surface area contributed by atoms with Crippen molar-refractivity contribution in [1.29, 1.82) is 0 Å². The van der Waals surface area contributed by atoms with Crippen LogP contribution in [0.1, 0.15) is 36.3 Å². The summed E-state index contributed by atoms with van der Waals surface area (Å²) in [5, 5.41) is 13.1. The zero-order chi connectivity index (χ0) is 20.2. The minimum absolute atomic E-state index is 0.0900. The molecule has 1 aliphatic carbocycles. The molecule has 2 aromatic rings. The Morgan fingerprint density at radius 3 is 2.66 bits per heavy atom. The molecule has 150 valence electrons. The summed E-state index contributed by atoms with van der Waals surface area (Å²) >= 11 is 0. The second-order valence-corrected chi connectivity index (χ2v) is 7.88. The predicted octanol–water partition coefficient (Wildman–Crippen LogP) is 0.515. The van der Waals surface area contributed by atoms with Gasteiger partial charge in [0.2, 0.25) is 11.6 Å². The fourth-order valence-electron chi connectivity index (χ4n) is 4.35. The molecule has 4 rings (SSSR count). The van der Waals surface area contributed by atoms with Crippen LogP contribution in [-0.2, 0) is 4.79 Å². The molecule has 0 radical (unpaired) electrons. The Balaban J connectivity index is 1.44. The molecule has 3 atom stereocenters. The van der Waals surface area contributed by atoms with Gasteiger partial charge in [-0.05, 0) is 37.0 Å². The normalized spacial score (nSPS) is 24.3. The van der Waals surface area contributed by atoms with Crippen LogP contribution in [0, 0.1) is 5.92 Å². The number of aromatic nitrogens is 1. The van der Waals surface area contributed by atoms with Gasteiger partial charge in [-0.1, -0.05) is 30.3 Å². The van der Waals surface area contributed by atoms with E-state index in [1.807, 2.05) is 30.3 Å². The van der Waals surface area contributed by atoms with E-state index < -0.39 is 0 Å². The van der Waals surface area contributed by atoms with Crippen molar-refractivity contribution in [2.75, 3.05) is 13.1 Å². The molecule has 1 fully saturated rings. The highest BCUT2D eigenvalue weighted by Crippen LogP contribution is 2.30. The van der Waals surface area contributed by atoms with Crippen molar-refractivity contribution < 1.29 is 10.2 Å². The molecule has 6 N–H and O–H groups in total. The monoisotopic (exact) mass is 390 g/mol. The summed E-state index contributed by atoms with van der Waals surface area (Å²) in [7, 11) is 0. The molecule has 2 heterocycles. The molecule has 29 heavy (non-hydrogen) atoms. The fraction of sp³-hybridized carbons (Fsp3) is 0.348. The number of pyridine rings is 1. The zero-order valence-corrected chi connectivity index (χ0v) is 16.5. The molecule has 1 aromatic heterocycles. The van der Waals surface area contributed by atoms with Gasteiger partial charge in [0.25, 0.3) is 0 Å². The summed E-state index contributed by atoms with van der Waals surface area (Å²) in [5.74, 6) is 0.263. The van der Waals surface area contributed by atoms with Gasteiger partial charge in [0.05, 0.1) is 0 Å². The maximum absolute atomic E-state index is 13.1. The van der Waals surface area contributed by atoms with Crippen molar-refractivity contribution in [2.24, 2.45) is 11.7 Å². The van der Waals surface area contributed by atoms with Gasteiger partial charge in [0, 0.05) is 60.2 Å². The Morgan fingerprint density at radius 2 is 1.90 bits per heavy atom. The highest BCUT2D eigenvalue weighted by molar-refractivity contribution is 6.09. The van der Waals surface area contributed by atoms with Crippen LogP contribution < -0.4 is 21.8 Å². The molecular weight excluding hydrogens is 362 g/mol. The lowest BCUT2D eigenvalue weighted by Gasteiger charge is -2.27. The van der Waals surface area contributed by atoms with E-state index in [9.17, 15) is 4.79 Å². The van der Waals surface area contributed by atoms with Crippen molar-refractivity contribution >= 4 is 11.6 Å². The average molecular weight is 391 g/mol. The van der Waals surface area contributed by atoms with Gasteiger partial charge in [-0.15, -0.1) is 0 Å². The average Bonchev–Trinajstić information content (AvgIpc) is 3.23. The minimum atomic E-state index is -0.116. The van der Waals surface area contributed by atoms with E-state index in [1.54, 1.807) is 12.4 Å². The molecule has 1 saturated heterocycles. The van der Waals surface area contributed by atoms with Crippen LogP contribution in [0.3, 0.4) is 0 Å². The van der Waals surface area contributed by atoms with Crippen molar-refractivity contribution in [3.05, 3.63) is 77.3 Å². The van der Waals surface area contributed by atoms with Crippen molar-refractivity contribution in [1.82, 2.24) is 15.6 Å². The number of allylic oxidation sites excluding steroid dienone is 2. The summed E-state index contributed by atoms with van der Waals surface area (Å²) in [6, 6.07) is 14.2. The molecule has 6 nitrogen and oxygen atoms in total. The first-order chi connectivity index (χ1) is 14.1. The lowest BCUT2D eigenvalue weighted by atomic mass is 9.82. The van der Waals surface area contributed by atoms with Gasteiger partial charge < -0.3 is 16.4 Å². The van der Waals surface area contributed by atoms with Gasteiger partial charge >= 0.3 is 0 Å². The van der Waals surface area contributed by atoms with Crippen molar-refractivity contribution in [2.45, 2.75) is 31.2 Å². The lowest BCUT2D eigenvalue weighted by molar-refractivity contribution is -0.126. The molecule has 2 aliphatic rings. The van der Waals surface area contributed by atoms with Crippen molar-refractivity contribution in [3.63, 3.8) is 0 Å². The van der Waals surface area contributed by atoms with Crippen LogP contribution in [0.2, 0.25) is 0 Å². The molecular formula is C23H28N5O+. The molecule has 1 aromatic carbocycles. The number of nitrogens with one attached hydrogen (secondary N) is 2. The summed E-state index contributed by atoms with van der Waals surface area (Å²) in [4.78, 5) is 17.1. The Hall–Kier alpha value is -2.99. The Bertz CT molecular complexity index is 909. The molecule has 1 amide bonds. The lowest BCUT2D eigenvalue weighted by Crippen LogP contribution is -2.46. The number of hydrogen-bond acceptors (Lipinski definition) is 4. The maximum Gasteiger partial charge on any atom is 0.223 e. The van der Waals surface area contributed by atoms with Gasteiger partial charge in [-0.3, -0.25) is 15.2 Å². The number of carbonyl (C=O) groups excluding carboxylic acids is 1. The Morgan fingerprint density at radius 1 is 1.14 bits per heavy atom. The van der Waals surface area contributed by atoms with Gasteiger partial charge in [0.1, 0.15) is 0 Å². The number of carbonyl (C=O) groups is 1. The predicted molar refractivity (Wildman–Crippen MR) is 113 cm³/mol. The number of rotatable bonds is 5. The standard InChI is InChI=1S/C23H27N5O/c24-20-7-6-17(12-18(20)22(25)16-8-10-26-11-9-16)23(29)28-21-14-27-13-19(21)15-4-2-1-3-5-15/h1-5,8-11,17,19,21,25,27H,6-7,12-14,24H2,(H,28,29)/p+1/t17?,19-,21+/m1/s1. The Kier molecular flexibility index (Phi) is 5.71. The third kappa shape index (κ3) is 4.22. The fourth-order valence-corrected chi connectivity index (χ4v) is 4.35. The quantitative estimate of drug-likeness (QED) is 0.559. The summed E-state index contributed by atoms with van der Waals surface area (Å²) in [5.41, 5.74) is 10.7. The van der Waals surface area contributed by atoms with E-state index in [1.165, 1.54) is 5.56 Å². The molecule has 6 heteroatoms. The first-order valence-electron chi connectivity index (χ1n) is 10.2. The van der Waals surface area contributed by atoms with Gasteiger partial charge in [-0.25, -0.2) is 0 Å². The van der Waals surface area contributed by atoms with E-state index in [-0.39, 0.29) is 23.8 Å². The van der Waals surface area contributed by atoms with Crippen LogP contribution in [-0.4, -0.2) is 35.7 Å². The number of amides is 1. The molecule has 0 spiro atoms. The van der Waals surface area contributed by atoms with Gasteiger partial charge in [0.15, 0.2) is 0 Å². The smallest absolute Gasteiger partial charge is 0.223 e. The van der Waals surface area contributed by atoms with Crippen LogP contribution in [0.25, 0.3) is 0 Å². The molecule has 1 aliphatic heterocycles. The largest absolute Gasteiger partial charge is 0.402 e. The van der Waals surface area contributed by atoms with Gasteiger partial charge in [-0.2, -0.15) is 0 Å². The minimum Gasteiger partial charge on any atom is -0.402 e. The van der Waals surface area contributed by atoms with Crippen LogP contribution >= 0.6 is 0 Å². The topological polar surface area (TPSA) is 106 Å². The first-order valence-corrected chi connectivity index (χ1v) is 10.2. The van der Waals surface area contributed by atoms with Crippen LogP contribution in [0.5, 0.6) is 0 Å². The molecule has 1 unspecified atom stereocenters.